The van der Waals surface area contributed by atoms with Gasteiger partial charge < -0.3 is 5.11 Å². The van der Waals surface area contributed by atoms with Crippen molar-refractivity contribution in [3.8, 4) is 0 Å². The molecule has 0 saturated carbocycles. The number of aliphatic hydroxyl groups excluding tert-OH is 1. The van der Waals surface area contributed by atoms with Crippen LogP contribution in [-0.2, 0) is 27.5 Å². The Morgan fingerprint density at radius 3 is 1.96 bits per heavy atom. The number of halogens is 2. The monoisotopic (exact) mass is 528 g/mol. The Kier molecular flexibility index (Phi) is 8.71. The standard InChI is InChI=1S/C13H12BrNO3S.C6H6BrNO/c1-10-2-4-13(5-3-10)19(16,17)18-9-12-8-11(14)6-7-15-12;7-5-1-2-8-6(3-5)4-9/h2-8H,9H2,1H3;1-3,9H,4H2. The maximum atomic E-state index is 11.9. The summed E-state index contributed by atoms with van der Waals surface area (Å²) in [5.41, 5.74) is 2.22. The molecule has 0 amide bonds. The second-order valence-electron chi connectivity index (χ2n) is 5.62. The van der Waals surface area contributed by atoms with E-state index < -0.39 is 10.1 Å². The number of benzene rings is 1. The molecule has 0 bridgehead atoms. The number of hydrogen-bond donors (Lipinski definition) is 1. The highest BCUT2D eigenvalue weighted by atomic mass is 79.9. The van der Waals surface area contributed by atoms with Crippen LogP contribution in [0, 0.1) is 6.92 Å². The number of hydrogen-bond acceptors (Lipinski definition) is 6. The van der Waals surface area contributed by atoms with Crippen molar-refractivity contribution >= 4 is 42.0 Å². The zero-order valence-electron chi connectivity index (χ0n) is 14.9. The van der Waals surface area contributed by atoms with E-state index in [2.05, 4.69) is 41.8 Å². The smallest absolute Gasteiger partial charge is 0.297 e. The Labute approximate surface area is 181 Å². The van der Waals surface area contributed by atoms with Gasteiger partial charge in [0, 0.05) is 21.3 Å². The molecule has 1 aromatic carbocycles. The van der Waals surface area contributed by atoms with Gasteiger partial charge in [-0.3, -0.25) is 14.2 Å². The van der Waals surface area contributed by atoms with Crippen LogP contribution in [0.5, 0.6) is 0 Å². The van der Waals surface area contributed by atoms with Crippen LogP contribution in [0.4, 0.5) is 0 Å². The Bertz CT molecular complexity index is 1010. The van der Waals surface area contributed by atoms with Gasteiger partial charge in [0.15, 0.2) is 0 Å². The third-order valence-corrected chi connectivity index (χ3v) is 5.66. The predicted octanol–water partition coefficient (Wildman–Crippen LogP) is 4.39. The highest BCUT2D eigenvalue weighted by molar-refractivity contribution is 9.10. The molecule has 148 valence electrons. The van der Waals surface area contributed by atoms with E-state index in [-0.39, 0.29) is 18.1 Å². The van der Waals surface area contributed by atoms with Gasteiger partial charge in [0.2, 0.25) is 0 Å². The van der Waals surface area contributed by atoms with Gasteiger partial charge in [-0.15, -0.1) is 0 Å². The third-order valence-electron chi connectivity index (χ3n) is 3.39. The zero-order chi connectivity index (χ0) is 20.6. The van der Waals surface area contributed by atoms with Crippen molar-refractivity contribution in [1.82, 2.24) is 9.97 Å². The maximum absolute atomic E-state index is 11.9. The lowest BCUT2D eigenvalue weighted by Crippen LogP contribution is -2.07. The van der Waals surface area contributed by atoms with Gasteiger partial charge in [0.25, 0.3) is 10.1 Å². The number of aromatic nitrogens is 2. The quantitative estimate of drug-likeness (QED) is 0.493. The van der Waals surface area contributed by atoms with Gasteiger partial charge >= 0.3 is 0 Å². The topological polar surface area (TPSA) is 89.4 Å². The Morgan fingerprint density at radius 2 is 1.46 bits per heavy atom. The molecule has 0 aliphatic heterocycles. The molecule has 3 aromatic rings. The largest absolute Gasteiger partial charge is 0.390 e. The lowest BCUT2D eigenvalue weighted by molar-refractivity contribution is 0.277. The summed E-state index contributed by atoms with van der Waals surface area (Å²) in [7, 11) is -3.74. The van der Waals surface area contributed by atoms with Crippen LogP contribution in [0.15, 0.2) is 74.8 Å². The summed E-state index contributed by atoms with van der Waals surface area (Å²) >= 11 is 6.54. The molecule has 1 N–H and O–H groups in total. The molecule has 0 spiro atoms. The summed E-state index contributed by atoms with van der Waals surface area (Å²) in [5.74, 6) is 0. The van der Waals surface area contributed by atoms with Gasteiger partial charge in [-0.2, -0.15) is 8.42 Å². The minimum absolute atomic E-state index is 0.000556. The molecule has 0 aliphatic rings. The van der Waals surface area contributed by atoms with Gasteiger partial charge in [0.1, 0.15) is 6.61 Å². The summed E-state index contributed by atoms with van der Waals surface area (Å²) in [6.07, 6.45) is 3.23. The summed E-state index contributed by atoms with van der Waals surface area (Å²) in [6.45, 7) is 1.80. The fourth-order valence-electron chi connectivity index (χ4n) is 1.97. The van der Waals surface area contributed by atoms with Crippen molar-refractivity contribution in [1.29, 1.82) is 0 Å². The third kappa shape index (κ3) is 7.40. The van der Waals surface area contributed by atoms with Crippen LogP contribution in [0.25, 0.3) is 0 Å². The van der Waals surface area contributed by atoms with Crippen molar-refractivity contribution < 1.29 is 17.7 Å². The SMILES string of the molecule is Cc1ccc(S(=O)(=O)OCc2cc(Br)ccn2)cc1.OCc1cc(Br)ccn1. The molecule has 2 aromatic heterocycles. The predicted molar refractivity (Wildman–Crippen MR) is 113 cm³/mol. The summed E-state index contributed by atoms with van der Waals surface area (Å²) < 4.78 is 30.6. The van der Waals surface area contributed by atoms with Crippen LogP contribution in [0.2, 0.25) is 0 Å². The van der Waals surface area contributed by atoms with Gasteiger partial charge in [-0.05, 0) is 43.3 Å². The second-order valence-corrected chi connectivity index (χ2v) is 9.06. The molecular formula is C19H18Br2N2O4S. The number of aliphatic hydroxyl groups is 1. The molecule has 3 rings (SSSR count). The van der Waals surface area contributed by atoms with Crippen molar-refractivity contribution in [2.45, 2.75) is 25.0 Å². The van der Waals surface area contributed by atoms with E-state index in [1.165, 1.54) is 12.1 Å². The molecule has 0 atom stereocenters. The molecule has 0 unspecified atom stereocenters. The molecule has 6 nitrogen and oxygen atoms in total. The van der Waals surface area contributed by atoms with Crippen molar-refractivity contribution in [2.24, 2.45) is 0 Å². The maximum Gasteiger partial charge on any atom is 0.297 e. The number of nitrogens with zero attached hydrogens (tertiary/aromatic N) is 2. The van der Waals surface area contributed by atoms with Crippen LogP contribution >= 0.6 is 31.9 Å². The summed E-state index contributed by atoms with van der Waals surface area (Å²) in [5, 5.41) is 8.58. The average molecular weight is 530 g/mol. The van der Waals surface area contributed by atoms with Crippen molar-refractivity contribution in [3.05, 3.63) is 86.8 Å². The molecule has 0 saturated heterocycles. The van der Waals surface area contributed by atoms with Crippen LogP contribution in [0.3, 0.4) is 0 Å². The average Bonchev–Trinajstić information content (AvgIpc) is 2.67. The first-order chi connectivity index (χ1) is 13.3. The van der Waals surface area contributed by atoms with Crippen LogP contribution < -0.4 is 0 Å². The van der Waals surface area contributed by atoms with E-state index in [1.807, 2.05) is 13.0 Å². The lowest BCUT2D eigenvalue weighted by atomic mass is 10.2. The first kappa shape index (κ1) is 22.6. The van der Waals surface area contributed by atoms with E-state index in [0.29, 0.717) is 11.4 Å². The minimum atomic E-state index is -3.74. The molecule has 0 aliphatic carbocycles. The normalized spacial score (nSPS) is 10.9. The zero-order valence-corrected chi connectivity index (χ0v) is 18.9. The van der Waals surface area contributed by atoms with Crippen LogP contribution in [-0.4, -0.2) is 23.5 Å². The molecule has 2 heterocycles. The molecule has 0 radical (unpaired) electrons. The van der Waals surface area contributed by atoms with Gasteiger partial charge in [-0.25, -0.2) is 0 Å². The van der Waals surface area contributed by atoms with E-state index in [9.17, 15) is 8.42 Å². The van der Waals surface area contributed by atoms with E-state index in [0.717, 1.165) is 14.5 Å². The molecular weight excluding hydrogens is 512 g/mol. The minimum Gasteiger partial charge on any atom is -0.390 e. The number of aryl methyl sites for hydroxylation is 1. The highest BCUT2D eigenvalue weighted by Gasteiger charge is 2.15. The second kappa shape index (κ2) is 10.8. The van der Waals surface area contributed by atoms with Crippen molar-refractivity contribution in [2.75, 3.05) is 0 Å². The van der Waals surface area contributed by atoms with E-state index in [1.54, 1.807) is 42.7 Å². The fourth-order valence-corrected chi connectivity index (χ4v) is 3.62. The highest BCUT2D eigenvalue weighted by Crippen LogP contribution is 2.16. The molecule has 9 heteroatoms. The lowest BCUT2D eigenvalue weighted by Gasteiger charge is -2.05. The van der Waals surface area contributed by atoms with Gasteiger partial charge in [0.05, 0.1) is 22.9 Å². The Balaban J connectivity index is 0.000000261. The number of pyridine rings is 2. The molecule has 28 heavy (non-hydrogen) atoms. The Hall–Kier alpha value is -1.65. The van der Waals surface area contributed by atoms with Crippen LogP contribution in [0.1, 0.15) is 17.0 Å². The fraction of sp³-hybridized carbons (Fsp3) is 0.158. The first-order valence-electron chi connectivity index (χ1n) is 8.08. The van der Waals surface area contributed by atoms with Gasteiger partial charge in [-0.1, -0.05) is 49.6 Å². The summed E-state index contributed by atoms with van der Waals surface area (Å²) in [6, 6.07) is 13.6. The summed E-state index contributed by atoms with van der Waals surface area (Å²) in [4.78, 5) is 8.06. The first-order valence-corrected chi connectivity index (χ1v) is 11.1. The van der Waals surface area contributed by atoms with Crippen molar-refractivity contribution in [3.63, 3.8) is 0 Å². The Morgan fingerprint density at radius 1 is 0.929 bits per heavy atom. The van der Waals surface area contributed by atoms with E-state index in [4.69, 9.17) is 9.29 Å². The molecule has 0 fully saturated rings. The number of rotatable bonds is 5. The van der Waals surface area contributed by atoms with E-state index >= 15 is 0 Å².